The van der Waals surface area contributed by atoms with Gasteiger partial charge >= 0.3 is 0 Å². The van der Waals surface area contributed by atoms with Crippen LogP contribution in [-0.4, -0.2) is 5.91 Å². The Balaban J connectivity index is 1.63. The van der Waals surface area contributed by atoms with Gasteiger partial charge in [0, 0.05) is 5.56 Å². The molecule has 1 N–H and O–H groups in total. The first-order valence-corrected chi connectivity index (χ1v) is 8.75. The molecule has 26 heavy (non-hydrogen) atoms. The third-order valence-electron chi connectivity index (χ3n) is 4.69. The first-order valence-electron chi connectivity index (χ1n) is 8.75. The number of carbonyl (C=O) groups excluding carboxylic acids is 1. The van der Waals surface area contributed by atoms with Gasteiger partial charge in [0.25, 0.3) is 5.91 Å². The second kappa shape index (κ2) is 6.85. The second-order valence-corrected chi connectivity index (χ2v) is 6.59. The fraction of sp³-hybridized carbons (Fsp3) is 0.130. The highest BCUT2D eigenvalue weighted by molar-refractivity contribution is 6.05. The van der Waals surface area contributed by atoms with Crippen molar-refractivity contribution < 1.29 is 4.79 Å². The number of anilines is 1. The van der Waals surface area contributed by atoms with Gasteiger partial charge in [0.2, 0.25) is 0 Å². The molecule has 4 rings (SSSR count). The molecule has 0 aliphatic heterocycles. The van der Waals surface area contributed by atoms with Crippen LogP contribution in [0.1, 0.15) is 40.2 Å². The highest BCUT2D eigenvalue weighted by Crippen LogP contribution is 2.40. The fourth-order valence-corrected chi connectivity index (χ4v) is 3.10. The molecule has 3 aromatic rings. The maximum atomic E-state index is 12.7. The van der Waals surface area contributed by atoms with Gasteiger partial charge in [-0.3, -0.25) is 4.79 Å². The number of nitriles is 1. The van der Waals surface area contributed by atoms with Crippen LogP contribution in [0, 0.1) is 11.3 Å². The molecule has 3 aromatic carbocycles. The summed E-state index contributed by atoms with van der Waals surface area (Å²) in [4.78, 5) is 12.7. The minimum absolute atomic E-state index is 0.186. The van der Waals surface area contributed by atoms with E-state index < -0.39 is 0 Å². The molecule has 0 aromatic heterocycles. The molecular weight excluding hydrogens is 320 g/mol. The van der Waals surface area contributed by atoms with Gasteiger partial charge in [0.15, 0.2) is 0 Å². The Hall–Kier alpha value is -3.38. The van der Waals surface area contributed by atoms with Crippen LogP contribution in [0.15, 0.2) is 72.8 Å². The molecule has 1 saturated carbocycles. The molecular formula is C23H18N2O. The molecule has 3 heteroatoms. The zero-order chi connectivity index (χ0) is 17.9. The van der Waals surface area contributed by atoms with Gasteiger partial charge in [0.05, 0.1) is 11.3 Å². The molecule has 1 fully saturated rings. The Bertz CT molecular complexity index is 998. The molecule has 1 aliphatic rings. The van der Waals surface area contributed by atoms with Crippen molar-refractivity contribution in [1.82, 2.24) is 0 Å². The van der Waals surface area contributed by atoms with E-state index in [0.717, 1.165) is 11.1 Å². The summed E-state index contributed by atoms with van der Waals surface area (Å²) < 4.78 is 0. The van der Waals surface area contributed by atoms with Crippen LogP contribution in [0.3, 0.4) is 0 Å². The lowest BCUT2D eigenvalue weighted by Crippen LogP contribution is -2.13. The summed E-state index contributed by atoms with van der Waals surface area (Å²) in [6.07, 6.45) is 2.39. The van der Waals surface area contributed by atoms with Crippen molar-refractivity contribution >= 4 is 11.6 Å². The minimum Gasteiger partial charge on any atom is -0.321 e. The van der Waals surface area contributed by atoms with Crippen LogP contribution in [0.2, 0.25) is 0 Å². The lowest BCUT2D eigenvalue weighted by molar-refractivity contribution is 0.102. The summed E-state index contributed by atoms with van der Waals surface area (Å²) in [7, 11) is 0. The number of amides is 1. The Morgan fingerprint density at radius 3 is 2.46 bits per heavy atom. The molecule has 3 nitrogen and oxygen atoms in total. The number of hydrogen-bond donors (Lipinski definition) is 1. The molecule has 0 unspecified atom stereocenters. The molecule has 0 saturated heterocycles. The topological polar surface area (TPSA) is 52.9 Å². The summed E-state index contributed by atoms with van der Waals surface area (Å²) in [6.45, 7) is 0. The molecule has 0 bridgehead atoms. The van der Waals surface area contributed by atoms with Crippen molar-refractivity contribution in [2.75, 3.05) is 5.32 Å². The van der Waals surface area contributed by atoms with E-state index in [1.807, 2.05) is 60.7 Å². The van der Waals surface area contributed by atoms with Gasteiger partial charge in [-0.25, -0.2) is 0 Å². The molecule has 0 spiro atoms. The van der Waals surface area contributed by atoms with E-state index in [4.69, 9.17) is 0 Å². The van der Waals surface area contributed by atoms with Crippen molar-refractivity contribution in [3.8, 4) is 17.2 Å². The van der Waals surface area contributed by atoms with Crippen LogP contribution in [-0.2, 0) is 0 Å². The van der Waals surface area contributed by atoms with E-state index in [0.29, 0.717) is 22.7 Å². The number of nitrogens with zero attached hydrogens (tertiary/aromatic N) is 1. The third-order valence-corrected chi connectivity index (χ3v) is 4.69. The Labute approximate surface area is 152 Å². The van der Waals surface area contributed by atoms with E-state index in [1.54, 1.807) is 6.07 Å². The van der Waals surface area contributed by atoms with Crippen LogP contribution in [0.25, 0.3) is 11.1 Å². The van der Waals surface area contributed by atoms with Crippen molar-refractivity contribution in [2.45, 2.75) is 18.8 Å². The molecule has 0 heterocycles. The van der Waals surface area contributed by atoms with Crippen molar-refractivity contribution in [3.05, 3.63) is 89.5 Å². The summed E-state index contributed by atoms with van der Waals surface area (Å²) in [6, 6.07) is 25.3. The molecule has 0 radical (unpaired) electrons. The SMILES string of the molecule is N#Cc1ccc(-c2ccccc2)cc1NC(=O)c1cccc(C2CC2)c1. The zero-order valence-corrected chi connectivity index (χ0v) is 14.3. The highest BCUT2D eigenvalue weighted by Gasteiger charge is 2.24. The van der Waals surface area contributed by atoms with E-state index in [1.165, 1.54) is 18.4 Å². The van der Waals surface area contributed by atoms with Crippen LogP contribution < -0.4 is 5.32 Å². The quantitative estimate of drug-likeness (QED) is 0.696. The van der Waals surface area contributed by atoms with Gasteiger partial charge < -0.3 is 5.32 Å². The summed E-state index contributed by atoms with van der Waals surface area (Å²) >= 11 is 0. The largest absolute Gasteiger partial charge is 0.321 e. The second-order valence-electron chi connectivity index (χ2n) is 6.59. The standard InChI is InChI=1S/C23H18N2O/c24-15-21-12-11-19(16-5-2-1-3-6-16)14-22(21)25-23(26)20-8-4-7-18(13-20)17-9-10-17/h1-8,11-14,17H,9-10H2,(H,25,26). The molecule has 0 atom stereocenters. The number of rotatable bonds is 4. The van der Waals surface area contributed by atoms with E-state index in [9.17, 15) is 10.1 Å². The van der Waals surface area contributed by atoms with Crippen molar-refractivity contribution in [1.29, 1.82) is 5.26 Å². The van der Waals surface area contributed by atoms with Gasteiger partial charge in [-0.1, -0.05) is 48.5 Å². The van der Waals surface area contributed by atoms with Crippen molar-refractivity contribution in [3.63, 3.8) is 0 Å². The number of carbonyl (C=O) groups is 1. The monoisotopic (exact) mass is 338 g/mol. The van der Waals surface area contributed by atoms with Gasteiger partial charge in [-0.15, -0.1) is 0 Å². The van der Waals surface area contributed by atoms with Gasteiger partial charge in [-0.2, -0.15) is 5.26 Å². The van der Waals surface area contributed by atoms with Crippen LogP contribution in [0.5, 0.6) is 0 Å². The zero-order valence-electron chi connectivity index (χ0n) is 14.3. The van der Waals surface area contributed by atoms with E-state index >= 15 is 0 Å². The Kier molecular flexibility index (Phi) is 4.25. The minimum atomic E-state index is -0.186. The average Bonchev–Trinajstić information content (AvgIpc) is 3.54. The van der Waals surface area contributed by atoms with Gasteiger partial charge in [-0.05, 0) is 59.7 Å². The predicted octanol–water partition coefficient (Wildman–Crippen LogP) is 5.35. The maximum Gasteiger partial charge on any atom is 0.255 e. The molecule has 1 amide bonds. The lowest BCUT2D eigenvalue weighted by atomic mass is 10.0. The normalized spacial score (nSPS) is 13.0. The first-order chi connectivity index (χ1) is 12.7. The van der Waals surface area contributed by atoms with Crippen LogP contribution >= 0.6 is 0 Å². The summed E-state index contributed by atoms with van der Waals surface area (Å²) in [5, 5.41) is 12.3. The highest BCUT2D eigenvalue weighted by atomic mass is 16.1. The molecule has 1 aliphatic carbocycles. The Morgan fingerprint density at radius 1 is 0.923 bits per heavy atom. The maximum absolute atomic E-state index is 12.7. The third kappa shape index (κ3) is 3.36. The van der Waals surface area contributed by atoms with Crippen LogP contribution in [0.4, 0.5) is 5.69 Å². The fourth-order valence-electron chi connectivity index (χ4n) is 3.10. The smallest absolute Gasteiger partial charge is 0.255 e. The Morgan fingerprint density at radius 2 is 1.73 bits per heavy atom. The number of nitrogens with one attached hydrogen (secondary N) is 1. The van der Waals surface area contributed by atoms with E-state index in [-0.39, 0.29) is 5.91 Å². The summed E-state index contributed by atoms with van der Waals surface area (Å²) in [5.74, 6) is 0.410. The van der Waals surface area contributed by atoms with E-state index in [2.05, 4.69) is 17.5 Å². The average molecular weight is 338 g/mol. The van der Waals surface area contributed by atoms with Crippen molar-refractivity contribution in [2.24, 2.45) is 0 Å². The summed E-state index contributed by atoms with van der Waals surface area (Å²) in [5.41, 5.74) is 4.85. The number of hydrogen-bond acceptors (Lipinski definition) is 2. The first kappa shape index (κ1) is 16.1. The predicted molar refractivity (Wildman–Crippen MR) is 103 cm³/mol. The lowest BCUT2D eigenvalue weighted by Gasteiger charge is -2.10. The van der Waals surface area contributed by atoms with Gasteiger partial charge in [0.1, 0.15) is 6.07 Å². The number of benzene rings is 3. The molecule has 126 valence electrons.